The summed E-state index contributed by atoms with van der Waals surface area (Å²) in [7, 11) is 3.94. The molecule has 3 unspecified atom stereocenters. The van der Waals surface area contributed by atoms with E-state index in [1.165, 1.54) is 0 Å². The predicted molar refractivity (Wildman–Crippen MR) is 76.5 cm³/mol. The number of aliphatic hydroxyl groups is 1. The van der Waals surface area contributed by atoms with Gasteiger partial charge in [0, 0.05) is 33.1 Å². The first-order valence-electron chi connectivity index (χ1n) is 7.43. The van der Waals surface area contributed by atoms with Crippen LogP contribution in [0.3, 0.4) is 0 Å². The van der Waals surface area contributed by atoms with Gasteiger partial charge in [-0.25, -0.2) is 0 Å². The van der Waals surface area contributed by atoms with Gasteiger partial charge in [-0.3, -0.25) is 9.69 Å². The van der Waals surface area contributed by atoms with Gasteiger partial charge in [0.2, 0.25) is 5.91 Å². The minimum absolute atomic E-state index is 0.0840. The lowest BCUT2D eigenvalue weighted by atomic mass is 10.1. The molecule has 0 aromatic carbocycles. The van der Waals surface area contributed by atoms with Gasteiger partial charge < -0.3 is 19.6 Å². The molecule has 6 nitrogen and oxygen atoms in total. The minimum atomic E-state index is -0.433. The van der Waals surface area contributed by atoms with Gasteiger partial charge >= 0.3 is 0 Å². The fourth-order valence-electron chi connectivity index (χ4n) is 3.01. The zero-order valence-corrected chi connectivity index (χ0v) is 12.8. The highest BCUT2D eigenvalue weighted by Crippen LogP contribution is 2.19. The number of ether oxygens (including phenoxy) is 1. The molecule has 20 heavy (non-hydrogen) atoms. The van der Waals surface area contributed by atoms with Crippen LogP contribution < -0.4 is 0 Å². The third-order valence-electron chi connectivity index (χ3n) is 4.39. The van der Waals surface area contributed by atoms with Crippen LogP contribution in [0, 0.1) is 0 Å². The van der Waals surface area contributed by atoms with Crippen LogP contribution in [0.2, 0.25) is 0 Å². The molecule has 3 atom stereocenters. The predicted octanol–water partition coefficient (Wildman–Crippen LogP) is -0.769. The lowest BCUT2D eigenvalue weighted by Crippen LogP contribution is -2.45. The van der Waals surface area contributed by atoms with Crippen LogP contribution >= 0.6 is 0 Å². The van der Waals surface area contributed by atoms with Crippen molar-refractivity contribution in [3.63, 3.8) is 0 Å². The maximum Gasteiger partial charge on any atom is 0.219 e. The Morgan fingerprint density at radius 1 is 1.30 bits per heavy atom. The number of amides is 1. The Kier molecular flexibility index (Phi) is 5.37. The van der Waals surface area contributed by atoms with Crippen molar-refractivity contribution in [2.75, 3.05) is 53.4 Å². The first-order chi connectivity index (χ1) is 9.49. The minimum Gasteiger partial charge on any atom is -0.389 e. The summed E-state index contributed by atoms with van der Waals surface area (Å²) in [5.74, 6) is 0.150. The van der Waals surface area contributed by atoms with Crippen molar-refractivity contribution in [1.82, 2.24) is 14.7 Å². The molecule has 0 spiro atoms. The standard InChI is InChI=1S/C14H27N3O3/c1-11(18)17-6-4-5-16(7-8-17)9-13-14(19)12(10-20-13)15(2)3/h12-14,19H,4-10H2,1-3H3. The number of carbonyl (C=O) groups excluding carboxylic acids is 1. The molecule has 1 amide bonds. The van der Waals surface area contributed by atoms with Crippen LogP contribution in [0.25, 0.3) is 0 Å². The van der Waals surface area contributed by atoms with Crippen molar-refractivity contribution in [2.24, 2.45) is 0 Å². The van der Waals surface area contributed by atoms with E-state index in [0.717, 1.165) is 39.1 Å². The van der Waals surface area contributed by atoms with Gasteiger partial charge in [-0.2, -0.15) is 0 Å². The van der Waals surface area contributed by atoms with E-state index in [-0.39, 0.29) is 18.1 Å². The van der Waals surface area contributed by atoms with E-state index in [2.05, 4.69) is 4.90 Å². The van der Waals surface area contributed by atoms with Crippen LogP contribution in [0.15, 0.2) is 0 Å². The molecule has 2 heterocycles. The fourth-order valence-corrected chi connectivity index (χ4v) is 3.01. The summed E-state index contributed by atoms with van der Waals surface area (Å²) in [6.45, 7) is 6.39. The third kappa shape index (κ3) is 3.69. The van der Waals surface area contributed by atoms with Gasteiger partial charge in [-0.1, -0.05) is 0 Å². The maximum absolute atomic E-state index is 11.4. The molecule has 0 saturated carbocycles. The average Bonchev–Trinajstić information content (AvgIpc) is 2.61. The molecule has 0 bridgehead atoms. The van der Waals surface area contributed by atoms with Crippen molar-refractivity contribution in [3.8, 4) is 0 Å². The number of nitrogens with zero attached hydrogens (tertiary/aromatic N) is 3. The van der Waals surface area contributed by atoms with E-state index < -0.39 is 6.10 Å². The molecule has 0 aromatic rings. The third-order valence-corrected chi connectivity index (χ3v) is 4.39. The van der Waals surface area contributed by atoms with Crippen LogP contribution in [0.4, 0.5) is 0 Å². The Balaban J connectivity index is 1.83. The molecule has 0 aromatic heterocycles. The lowest BCUT2D eigenvalue weighted by molar-refractivity contribution is -0.128. The first-order valence-corrected chi connectivity index (χ1v) is 7.43. The Morgan fingerprint density at radius 2 is 2.05 bits per heavy atom. The van der Waals surface area contributed by atoms with Gasteiger partial charge in [0.1, 0.15) is 0 Å². The summed E-state index contributed by atoms with van der Waals surface area (Å²) in [6.07, 6.45) is 0.433. The fraction of sp³-hybridized carbons (Fsp3) is 0.929. The number of aliphatic hydroxyl groups excluding tert-OH is 1. The van der Waals surface area contributed by atoms with Crippen molar-refractivity contribution in [2.45, 2.75) is 31.6 Å². The molecule has 116 valence electrons. The quantitative estimate of drug-likeness (QED) is 0.738. The average molecular weight is 285 g/mol. The monoisotopic (exact) mass is 285 g/mol. The highest BCUT2D eigenvalue weighted by Gasteiger charge is 2.38. The highest BCUT2D eigenvalue weighted by atomic mass is 16.5. The van der Waals surface area contributed by atoms with E-state index in [1.807, 2.05) is 23.9 Å². The second-order valence-electron chi connectivity index (χ2n) is 6.05. The van der Waals surface area contributed by atoms with Gasteiger partial charge in [-0.05, 0) is 27.1 Å². The molecular weight excluding hydrogens is 258 g/mol. The van der Waals surface area contributed by atoms with Crippen LogP contribution in [0.5, 0.6) is 0 Å². The Morgan fingerprint density at radius 3 is 2.65 bits per heavy atom. The maximum atomic E-state index is 11.4. The van der Waals surface area contributed by atoms with Gasteiger partial charge in [0.15, 0.2) is 0 Å². The van der Waals surface area contributed by atoms with Gasteiger partial charge in [0.25, 0.3) is 0 Å². The van der Waals surface area contributed by atoms with Crippen molar-refractivity contribution < 1.29 is 14.6 Å². The zero-order valence-electron chi connectivity index (χ0n) is 12.8. The summed E-state index contributed by atoms with van der Waals surface area (Å²) >= 11 is 0. The molecule has 0 aliphatic carbocycles. The van der Waals surface area contributed by atoms with Crippen molar-refractivity contribution in [1.29, 1.82) is 0 Å². The molecule has 2 aliphatic rings. The number of likely N-dealkylation sites (N-methyl/N-ethyl adjacent to an activating group) is 1. The van der Waals surface area contributed by atoms with E-state index in [0.29, 0.717) is 6.61 Å². The normalized spacial score (nSPS) is 32.6. The van der Waals surface area contributed by atoms with Gasteiger partial charge in [-0.15, -0.1) is 0 Å². The summed E-state index contributed by atoms with van der Waals surface area (Å²) in [6, 6.07) is 0.0840. The van der Waals surface area contributed by atoms with Crippen molar-refractivity contribution in [3.05, 3.63) is 0 Å². The second kappa shape index (κ2) is 6.85. The summed E-state index contributed by atoms with van der Waals surface area (Å²) in [5.41, 5.74) is 0. The molecular formula is C14H27N3O3. The zero-order chi connectivity index (χ0) is 14.7. The molecule has 0 radical (unpaired) electrons. The number of rotatable bonds is 3. The number of hydrogen-bond donors (Lipinski definition) is 1. The smallest absolute Gasteiger partial charge is 0.219 e. The molecule has 1 N–H and O–H groups in total. The molecule has 2 aliphatic heterocycles. The highest BCUT2D eigenvalue weighted by molar-refractivity contribution is 5.73. The number of carbonyl (C=O) groups is 1. The van der Waals surface area contributed by atoms with Crippen LogP contribution in [0.1, 0.15) is 13.3 Å². The van der Waals surface area contributed by atoms with E-state index in [1.54, 1.807) is 6.92 Å². The topological polar surface area (TPSA) is 56.2 Å². The summed E-state index contributed by atoms with van der Waals surface area (Å²) in [4.78, 5) is 17.6. The van der Waals surface area contributed by atoms with E-state index >= 15 is 0 Å². The summed E-state index contributed by atoms with van der Waals surface area (Å²) in [5, 5.41) is 10.3. The first kappa shape index (κ1) is 15.7. The molecule has 6 heteroatoms. The molecule has 2 saturated heterocycles. The SMILES string of the molecule is CC(=O)N1CCCN(CC2OCC(N(C)C)C2O)CC1. The second-order valence-corrected chi connectivity index (χ2v) is 6.05. The Hall–Kier alpha value is -0.690. The molecule has 2 fully saturated rings. The van der Waals surface area contributed by atoms with Crippen LogP contribution in [-0.2, 0) is 9.53 Å². The van der Waals surface area contributed by atoms with E-state index in [4.69, 9.17) is 4.74 Å². The Bertz CT molecular complexity index is 338. The van der Waals surface area contributed by atoms with Crippen LogP contribution in [-0.4, -0.2) is 97.4 Å². The number of hydrogen-bond acceptors (Lipinski definition) is 5. The molecule has 2 rings (SSSR count). The summed E-state index contributed by atoms with van der Waals surface area (Å²) < 4.78 is 5.74. The Labute approximate surface area is 121 Å². The van der Waals surface area contributed by atoms with E-state index in [9.17, 15) is 9.90 Å². The van der Waals surface area contributed by atoms with Crippen molar-refractivity contribution >= 4 is 5.91 Å². The van der Waals surface area contributed by atoms with Gasteiger partial charge in [0.05, 0.1) is 24.9 Å². The largest absolute Gasteiger partial charge is 0.389 e. The lowest BCUT2D eigenvalue weighted by Gasteiger charge is -2.27.